The lowest BCUT2D eigenvalue weighted by Gasteiger charge is -2.08. The van der Waals surface area contributed by atoms with Gasteiger partial charge in [0.25, 0.3) is 0 Å². The van der Waals surface area contributed by atoms with Gasteiger partial charge < -0.3 is 9.47 Å². The van der Waals surface area contributed by atoms with E-state index in [1.807, 2.05) is 36.4 Å². The highest BCUT2D eigenvalue weighted by Gasteiger charge is 2.04. The lowest BCUT2D eigenvalue weighted by molar-refractivity contribution is -0.139. The summed E-state index contributed by atoms with van der Waals surface area (Å²) in [7, 11) is 0. The minimum absolute atomic E-state index is 0.335. The van der Waals surface area contributed by atoms with Gasteiger partial charge in [-0.05, 0) is 86.2 Å². The highest BCUT2D eigenvalue weighted by atomic mass is 16.5. The van der Waals surface area contributed by atoms with Crippen molar-refractivity contribution in [1.29, 1.82) is 10.5 Å². The van der Waals surface area contributed by atoms with Crippen molar-refractivity contribution in [2.45, 2.75) is 32.6 Å². The number of carbonyl (C=O) groups is 1. The number of hydrogen-bond donors (Lipinski definition) is 0. The number of hydrogen-bond acceptors (Lipinski definition) is 5. The summed E-state index contributed by atoms with van der Waals surface area (Å²) in [4.78, 5) is 11.3. The first kappa shape index (κ1) is 23.4. The largest absolute Gasteiger partial charge is 0.494 e. The maximum Gasteiger partial charge on any atom is 0.333 e. The van der Waals surface area contributed by atoms with Crippen LogP contribution in [0.1, 0.15) is 49.3 Å². The molecule has 0 saturated carbocycles. The Bertz CT molecular complexity index is 991. The summed E-state index contributed by atoms with van der Waals surface area (Å²) in [5.74, 6) is 0.424. The summed E-state index contributed by atoms with van der Waals surface area (Å²) < 4.78 is 10.8. The molecule has 0 aliphatic rings. The van der Waals surface area contributed by atoms with E-state index in [-0.39, 0.29) is 5.97 Å². The average molecular weight is 415 g/mol. The second kappa shape index (κ2) is 12.7. The Morgan fingerprint density at radius 2 is 1.61 bits per heavy atom. The molecule has 0 aliphatic carbocycles. The van der Waals surface area contributed by atoms with E-state index in [0.29, 0.717) is 29.9 Å². The highest BCUT2D eigenvalue weighted by Crippen LogP contribution is 2.21. The second-order valence-electron chi connectivity index (χ2n) is 7.11. The first-order valence-electron chi connectivity index (χ1n) is 10.2. The summed E-state index contributed by atoms with van der Waals surface area (Å²) in [6.07, 6.45) is 5.51. The number of rotatable bonds is 11. The van der Waals surface area contributed by atoms with Crippen LogP contribution in [-0.2, 0) is 9.53 Å². The monoisotopic (exact) mass is 414 g/mol. The average Bonchev–Trinajstić information content (AvgIpc) is 2.79. The van der Waals surface area contributed by atoms with Crippen molar-refractivity contribution < 1.29 is 14.3 Å². The molecule has 5 heteroatoms. The zero-order valence-corrected chi connectivity index (χ0v) is 17.8. The molecule has 0 radical (unpaired) electrons. The van der Waals surface area contributed by atoms with Crippen LogP contribution < -0.4 is 4.74 Å². The molecule has 31 heavy (non-hydrogen) atoms. The van der Waals surface area contributed by atoms with Crippen molar-refractivity contribution >= 4 is 17.6 Å². The van der Waals surface area contributed by atoms with Crippen LogP contribution >= 0.6 is 0 Å². The van der Waals surface area contributed by atoms with Crippen molar-refractivity contribution in [2.75, 3.05) is 13.2 Å². The number of esters is 1. The SMILES string of the molecule is C=C(C)C(=O)OCCCCCCOc1ccc(C(C#N)=Cc2ccc(C#N)cc2)cc1. The molecule has 0 aromatic heterocycles. The fourth-order valence-electron chi connectivity index (χ4n) is 2.77. The lowest BCUT2D eigenvalue weighted by atomic mass is 10.0. The van der Waals surface area contributed by atoms with Gasteiger partial charge in [-0.1, -0.05) is 18.7 Å². The molecule has 2 aromatic carbocycles. The van der Waals surface area contributed by atoms with Crippen LogP contribution in [0.5, 0.6) is 5.75 Å². The van der Waals surface area contributed by atoms with Crippen LogP contribution in [0.4, 0.5) is 0 Å². The van der Waals surface area contributed by atoms with Gasteiger partial charge >= 0.3 is 5.97 Å². The Morgan fingerprint density at radius 3 is 2.19 bits per heavy atom. The number of nitriles is 2. The Labute approximate surface area is 183 Å². The molecular weight excluding hydrogens is 388 g/mol. The molecule has 0 bridgehead atoms. The van der Waals surface area contributed by atoms with E-state index in [9.17, 15) is 10.1 Å². The number of ether oxygens (including phenoxy) is 2. The Kier molecular flexibility index (Phi) is 9.59. The Hall–Kier alpha value is -3.83. The maximum absolute atomic E-state index is 11.3. The van der Waals surface area contributed by atoms with E-state index in [1.165, 1.54) is 0 Å². The van der Waals surface area contributed by atoms with E-state index >= 15 is 0 Å². The van der Waals surface area contributed by atoms with E-state index in [2.05, 4.69) is 18.7 Å². The van der Waals surface area contributed by atoms with Crippen molar-refractivity contribution in [2.24, 2.45) is 0 Å². The summed E-state index contributed by atoms with van der Waals surface area (Å²) in [6.45, 7) is 6.22. The zero-order chi connectivity index (χ0) is 22.5. The minimum Gasteiger partial charge on any atom is -0.494 e. The molecule has 0 N–H and O–H groups in total. The van der Waals surface area contributed by atoms with Crippen LogP contribution in [0.25, 0.3) is 11.6 Å². The van der Waals surface area contributed by atoms with Gasteiger partial charge in [-0.2, -0.15) is 10.5 Å². The van der Waals surface area contributed by atoms with E-state index in [1.54, 1.807) is 25.1 Å². The van der Waals surface area contributed by atoms with Crippen molar-refractivity contribution in [3.05, 3.63) is 77.4 Å². The highest BCUT2D eigenvalue weighted by molar-refractivity contribution is 5.89. The number of carbonyl (C=O) groups excluding carboxylic acids is 1. The fourth-order valence-corrected chi connectivity index (χ4v) is 2.77. The summed E-state index contributed by atoms with van der Waals surface area (Å²) in [5, 5.41) is 18.4. The maximum atomic E-state index is 11.3. The predicted octanol–water partition coefficient (Wildman–Crippen LogP) is 5.68. The van der Waals surface area contributed by atoms with Gasteiger partial charge in [0, 0.05) is 5.57 Å². The number of allylic oxidation sites excluding steroid dienone is 1. The molecule has 0 saturated heterocycles. The van der Waals surface area contributed by atoms with Gasteiger partial charge in [-0.15, -0.1) is 0 Å². The van der Waals surface area contributed by atoms with Crippen LogP contribution in [0.15, 0.2) is 60.7 Å². The molecule has 5 nitrogen and oxygen atoms in total. The summed E-state index contributed by atoms with van der Waals surface area (Å²) in [6, 6.07) is 18.8. The quantitative estimate of drug-likeness (QED) is 0.155. The zero-order valence-electron chi connectivity index (χ0n) is 17.8. The number of benzene rings is 2. The van der Waals surface area contributed by atoms with Crippen LogP contribution in [0.2, 0.25) is 0 Å². The van der Waals surface area contributed by atoms with Crippen LogP contribution in [-0.4, -0.2) is 19.2 Å². The Morgan fingerprint density at radius 1 is 0.968 bits per heavy atom. The molecule has 158 valence electrons. The topological polar surface area (TPSA) is 83.1 Å². The van der Waals surface area contributed by atoms with Gasteiger partial charge in [-0.3, -0.25) is 0 Å². The molecule has 0 spiro atoms. The number of unbranched alkanes of at least 4 members (excludes halogenated alkanes) is 3. The smallest absolute Gasteiger partial charge is 0.333 e. The van der Waals surface area contributed by atoms with E-state index < -0.39 is 0 Å². The van der Waals surface area contributed by atoms with E-state index in [4.69, 9.17) is 14.7 Å². The third kappa shape index (κ3) is 8.20. The van der Waals surface area contributed by atoms with Gasteiger partial charge in [0.15, 0.2) is 0 Å². The molecule has 2 rings (SSSR count). The second-order valence-corrected chi connectivity index (χ2v) is 7.11. The standard InChI is InChI=1S/C26H26N2O3/c1-20(2)26(29)31-16-6-4-3-5-15-30-25-13-11-23(12-14-25)24(19-28)17-21-7-9-22(18-27)10-8-21/h7-14,17H,1,3-6,15-16H2,2H3. The van der Waals surface area contributed by atoms with Crippen molar-refractivity contribution in [3.63, 3.8) is 0 Å². The molecular formula is C26H26N2O3. The van der Waals surface area contributed by atoms with Crippen molar-refractivity contribution in [3.8, 4) is 17.9 Å². The molecule has 2 aromatic rings. The molecule has 0 aliphatic heterocycles. The molecule has 0 atom stereocenters. The third-order valence-corrected chi connectivity index (χ3v) is 4.53. The summed E-state index contributed by atoms with van der Waals surface area (Å²) >= 11 is 0. The Balaban J connectivity index is 1.75. The third-order valence-electron chi connectivity index (χ3n) is 4.53. The minimum atomic E-state index is -0.335. The summed E-state index contributed by atoms with van der Waals surface area (Å²) in [5.41, 5.74) is 3.23. The van der Waals surface area contributed by atoms with Gasteiger partial charge in [0.05, 0.1) is 36.5 Å². The molecule has 0 amide bonds. The van der Waals surface area contributed by atoms with Gasteiger partial charge in [0.1, 0.15) is 5.75 Å². The first-order chi connectivity index (χ1) is 15.0. The fraction of sp³-hybridized carbons (Fsp3) is 0.269. The number of nitrogens with zero attached hydrogens (tertiary/aromatic N) is 2. The molecule has 0 heterocycles. The van der Waals surface area contributed by atoms with Crippen LogP contribution in [0.3, 0.4) is 0 Å². The van der Waals surface area contributed by atoms with Crippen molar-refractivity contribution in [1.82, 2.24) is 0 Å². The molecule has 0 unspecified atom stereocenters. The lowest BCUT2D eigenvalue weighted by Crippen LogP contribution is -2.06. The predicted molar refractivity (Wildman–Crippen MR) is 121 cm³/mol. The normalized spacial score (nSPS) is 10.6. The van der Waals surface area contributed by atoms with E-state index in [0.717, 1.165) is 42.6 Å². The first-order valence-corrected chi connectivity index (χ1v) is 10.2. The molecule has 0 fully saturated rings. The van der Waals surface area contributed by atoms with Gasteiger partial charge in [0.2, 0.25) is 0 Å². The van der Waals surface area contributed by atoms with Gasteiger partial charge in [-0.25, -0.2) is 4.79 Å². The van der Waals surface area contributed by atoms with Crippen LogP contribution in [0, 0.1) is 22.7 Å².